The normalized spacial score (nSPS) is 15.2. The van der Waals surface area contributed by atoms with Crippen LogP contribution in [0.5, 0.6) is 0 Å². The van der Waals surface area contributed by atoms with Crippen molar-refractivity contribution in [3.8, 4) is 0 Å². The number of nitrogens with zero attached hydrogens (tertiary/aromatic N) is 1. The molecule has 0 aliphatic heterocycles. The number of ketones is 1. The Morgan fingerprint density at radius 3 is 2.94 bits per heavy atom. The van der Waals surface area contributed by atoms with Crippen molar-refractivity contribution in [1.29, 1.82) is 0 Å². The Balaban J connectivity index is 1.65. The highest BCUT2D eigenvalue weighted by atomic mass is 32.1. The van der Waals surface area contributed by atoms with Crippen LogP contribution < -0.4 is 0 Å². The molecule has 0 unspecified atom stereocenters. The van der Waals surface area contributed by atoms with Gasteiger partial charge in [-0.2, -0.15) is 11.3 Å². The Bertz CT molecular complexity index is 500. The summed E-state index contributed by atoms with van der Waals surface area (Å²) in [4.78, 5) is 14.3. The van der Waals surface area contributed by atoms with Gasteiger partial charge in [0.1, 0.15) is 0 Å². The first-order valence-corrected chi connectivity index (χ1v) is 7.09. The summed E-state index contributed by atoms with van der Waals surface area (Å²) in [5.41, 5.74) is 1.29. The van der Waals surface area contributed by atoms with E-state index in [9.17, 15) is 4.79 Å². The van der Waals surface area contributed by atoms with Gasteiger partial charge in [-0.05, 0) is 47.4 Å². The molecule has 94 valence electrons. The molecule has 0 bridgehead atoms. The predicted octanol–water partition coefficient (Wildman–Crippen LogP) is 3.19. The van der Waals surface area contributed by atoms with Gasteiger partial charge in [0, 0.05) is 12.6 Å². The van der Waals surface area contributed by atoms with Gasteiger partial charge in [-0.15, -0.1) is 0 Å². The molecule has 4 heteroatoms. The number of carbonyl (C=O) groups is 1. The van der Waals surface area contributed by atoms with E-state index in [0.717, 1.165) is 6.54 Å². The fourth-order valence-corrected chi connectivity index (χ4v) is 2.73. The van der Waals surface area contributed by atoms with Crippen LogP contribution in [0.4, 0.5) is 0 Å². The van der Waals surface area contributed by atoms with Crippen molar-refractivity contribution in [3.63, 3.8) is 0 Å². The third kappa shape index (κ3) is 2.71. The van der Waals surface area contributed by atoms with E-state index in [1.54, 1.807) is 29.7 Å². The van der Waals surface area contributed by atoms with E-state index in [0.29, 0.717) is 18.3 Å². The van der Waals surface area contributed by atoms with Gasteiger partial charge in [-0.3, -0.25) is 9.69 Å². The lowest BCUT2D eigenvalue weighted by atomic mass is 10.2. The zero-order chi connectivity index (χ0) is 12.4. The lowest BCUT2D eigenvalue weighted by Gasteiger charge is -2.19. The molecule has 2 heterocycles. The van der Waals surface area contributed by atoms with Gasteiger partial charge in [0.2, 0.25) is 5.78 Å². The van der Waals surface area contributed by atoms with Crippen molar-refractivity contribution < 1.29 is 9.21 Å². The highest BCUT2D eigenvalue weighted by molar-refractivity contribution is 7.07. The van der Waals surface area contributed by atoms with Crippen LogP contribution >= 0.6 is 11.3 Å². The Labute approximate surface area is 110 Å². The van der Waals surface area contributed by atoms with Crippen LogP contribution in [-0.4, -0.2) is 23.3 Å². The lowest BCUT2D eigenvalue weighted by Crippen LogP contribution is -2.31. The minimum atomic E-state index is 0.0714. The monoisotopic (exact) mass is 261 g/mol. The molecule has 2 aromatic rings. The Kier molecular flexibility index (Phi) is 3.30. The average Bonchev–Trinajstić information content (AvgIpc) is 2.88. The molecule has 1 saturated carbocycles. The van der Waals surface area contributed by atoms with Crippen molar-refractivity contribution in [1.82, 2.24) is 4.90 Å². The van der Waals surface area contributed by atoms with E-state index >= 15 is 0 Å². The lowest BCUT2D eigenvalue weighted by molar-refractivity contribution is 0.0892. The molecule has 1 aliphatic carbocycles. The fraction of sp³-hybridized carbons (Fsp3) is 0.357. The van der Waals surface area contributed by atoms with Crippen molar-refractivity contribution in [3.05, 3.63) is 46.5 Å². The predicted molar refractivity (Wildman–Crippen MR) is 70.8 cm³/mol. The molecule has 0 saturated heterocycles. The smallest absolute Gasteiger partial charge is 0.211 e. The quantitative estimate of drug-likeness (QED) is 0.749. The van der Waals surface area contributed by atoms with Crippen LogP contribution in [0.15, 0.2) is 39.6 Å². The van der Waals surface area contributed by atoms with Gasteiger partial charge >= 0.3 is 0 Å². The van der Waals surface area contributed by atoms with Gasteiger partial charge in [-0.25, -0.2) is 0 Å². The minimum Gasteiger partial charge on any atom is -0.461 e. The van der Waals surface area contributed by atoms with Crippen LogP contribution in [0.25, 0.3) is 0 Å². The van der Waals surface area contributed by atoms with Gasteiger partial charge in [0.15, 0.2) is 5.76 Å². The van der Waals surface area contributed by atoms with E-state index in [4.69, 9.17) is 4.42 Å². The van der Waals surface area contributed by atoms with E-state index in [1.165, 1.54) is 18.4 Å². The highest BCUT2D eigenvalue weighted by Crippen LogP contribution is 2.28. The van der Waals surface area contributed by atoms with Crippen molar-refractivity contribution in [2.75, 3.05) is 6.54 Å². The Hall–Kier alpha value is -1.39. The molecule has 18 heavy (non-hydrogen) atoms. The summed E-state index contributed by atoms with van der Waals surface area (Å²) in [6, 6.07) is 6.19. The summed E-state index contributed by atoms with van der Waals surface area (Å²) < 4.78 is 5.16. The van der Waals surface area contributed by atoms with Crippen molar-refractivity contribution >= 4 is 17.1 Å². The van der Waals surface area contributed by atoms with E-state index in [1.807, 2.05) is 0 Å². The molecular formula is C14H15NO2S. The van der Waals surface area contributed by atoms with Gasteiger partial charge in [-0.1, -0.05) is 0 Å². The number of rotatable bonds is 6. The molecule has 0 atom stereocenters. The average molecular weight is 261 g/mol. The number of hydrogen-bond acceptors (Lipinski definition) is 4. The molecule has 0 radical (unpaired) electrons. The molecular weight excluding hydrogens is 246 g/mol. The number of thiophene rings is 1. The minimum absolute atomic E-state index is 0.0714. The van der Waals surface area contributed by atoms with E-state index in [2.05, 4.69) is 21.7 Å². The third-order valence-electron chi connectivity index (χ3n) is 3.17. The molecule has 0 amide bonds. The Morgan fingerprint density at radius 1 is 1.44 bits per heavy atom. The van der Waals surface area contributed by atoms with E-state index < -0.39 is 0 Å². The highest BCUT2D eigenvalue weighted by Gasteiger charge is 2.30. The second-order valence-electron chi connectivity index (χ2n) is 4.67. The molecule has 2 aromatic heterocycles. The zero-order valence-electron chi connectivity index (χ0n) is 10.0. The first-order valence-electron chi connectivity index (χ1n) is 6.15. The summed E-state index contributed by atoms with van der Waals surface area (Å²) in [6.45, 7) is 1.31. The van der Waals surface area contributed by atoms with Crippen LogP contribution in [0, 0.1) is 0 Å². The Morgan fingerprint density at radius 2 is 2.33 bits per heavy atom. The van der Waals surface area contributed by atoms with Crippen LogP contribution in [0.1, 0.15) is 29.0 Å². The van der Waals surface area contributed by atoms with Crippen LogP contribution in [0.2, 0.25) is 0 Å². The second-order valence-corrected chi connectivity index (χ2v) is 5.45. The van der Waals surface area contributed by atoms with Gasteiger partial charge in [0.05, 0.1) is 12.8 Å². The zero-order valence-corrected chi connectivity index (χ0v) is 10.9. The first-order chi connectivity index (χ1) is 8.83. The van der Waals surface area contributed by atoms with Crippen molar-refractivity contribution in [2.45, 2.75) is 25.4 Å². The summed E-state index contributed by atoms with van der Waals surface area (Å²) in [5.74, 6) is 0.535. The fourth-order valence-electron chi connectivity index (χ4n) is 2.07. The molecule has 0 N–H and O–H groups in total. The molecule has 0 spiro atoms. The maximum atomic E-state index is 12.0. The maximum Gasteiger partial charge on any atom is 0.211 e. The van der Waals surface area contributed by atoms with Gasteiger partial charge in [0.25, 0.3) is 0 Å². The first kappa shape index (κ1) is 11.7. The molecule has 1 fully saturated rings. The molecule has 3 rings (SSSR count). The standard InChI is InChI=1S/C14H15NO2S/c16-13(14-2-1-6-17-14)9-15(12-3-4-12)8-11-5-7-18-10-11/h1-2,5-7,10,12H,3-4,8-9H2. The molecule has 0 aromatic carbocycles. The number of carbonyl (C=O) groups excluding carboxylic acids is 1. The SMILES string of the molecule is O=C(CN(Cc1ccsc1)C1CC1)c1ccco1. The second kappa shape index (κ2) is 5.08. The number of hydrogen-bond donors (Lipinski definition) is 0. The largest absolute Gasteiger partial charge is 0.461 e. The molecule has 1 aliphatic rings. The summed E-state index contributed by atoms with van der Waals surface area (Å²) >= 11 is 1.70. The van der Waals surface area contributed by atoms with Gasteiger partial charge < -0.3 is 4.42 Å². The van der Waals surface area contributed by atoms with Crippen LogP contribution in [0.3, 0.4) is 0 Å². The van der Waals surface area contributed by atoms with E-state index in [-0.39, 0.29) is 5.78 Å². The van der Waals surface area contributed by atoms with Crippen molar-refractivity contribution in [2.24, 2.45) is 0 Å². The topological polar surface area (TPSA) is 33.5 Å². The maximum absolute atomic E-state index is 12.0. The third-order valence-corrected chi connectivity index (χ3v) is 3.90. The summed E-state index contributed by atoms with van der Waals surface area (Å²) in [5, 5.41) is 4.22. The molecule has 3 nitrogen and oxygen atoms in total. The summed E-state index contributed by atoms with van der Waals surface area (Å²) in [6.07, 6.45) is 3.96. The number of furan rings is 1. The van der Waals surface area contributed by atoms with Crippen LogP contribution in [-0.2, 0) is 6.54 Å². The number of Topliss-reactive ketones (excluding diaryl/α,β-unsaturated/α-hetero) is 1. The summed E-state index contributed by atoms with van der Waals surface area (Å²) in [7, 11) is 0.